The summed E-state index contributed by atoms with van der Waals surface area (Å²) in [6, 6.07) is 7.83. The summed E-state index contributed by atoms with van der Waals surface area (Å²) in [5, 5.41) is 0.701. The first-order valence-electron chi connectivity index (χ1n) is 12.8. The van der Waals surface area contributed by atoms with Gasteiger partial charge in [-0.2, -0.15) is 0 Å². The first-order chi connectivity index (χ1) is 15.3. The largest absolute Gasteiger partial charge is 0.293 e. The molecule has 6 aliphatic rings. The molecule has 1 aromatic carbocycles. The molecule has 172 valence electrons. The number of anilines is 1. The van der Waals surface area contributed by atoms with Crippen LogP contribution in [0.3, 0.4) is 0 Å². The first kappa shape index (κ1) is 21.2. The summed E-state index contributed by atoms with van der Waals surface area (Å²) in [4.78, 5) is 24.2. The van der Waals surface area contributed by atoms with Crippen LogP contribution in [0.25, 0.3) is 0 Å². The lowest BCUT2D eigenvalue weighted by Gasteiger charge is -2.55. The van der Waals surface area contributed by atoms with Gasteiger partial charge in [-0.1, -0.05) is 18.0 Å². The number of piperidine rings is 1. The highest BCUT2D eigenvalue weighted by Crippen LogP contribution is 2.58. The van der Waals surface area contributed by atoms with E-state index in [9.17, 15) is 4.79 Å². The number of amidine groups is 1. The second kappa shape index (κ2) is 7.56. The van der Waals surface area contributed by atoms with Gasteiger partial charge in [0.05, 0.1) is 22.7 Å². The first-order valence-corrected chi connectivity index (χ1v) is 13.2. The Balaban J connectivity index is 1.47. The molecule has 0 N–H and O–H groups in total. The fourth-order valence-corrected chi connectivity index (χ4v) is 8.27. The van der Waals surface area contributed by atoms with Crippen LogP contribution in [0.5, 0.6) is 0 Å². The predicted octanol–water partition coefficient (Wildman–Crippen LogP) is 5.93. The maximum absolute atomic E-state index is 13.9. The van der Waals surface area contributed by atoms with Crippen LogP contribution < -0.4 is 4.90 Å². The molecule has 0 radical (unpaired) electrons. The van der Waals surface area contributed by atoms with E-state index in [0.29, 0.717) is 5.02 Å². The molecular weight excluding hydrogens is 418 g/mol. The number of carbonyl (C=O) groups is 1. The summed E-state index contributed by atoms with van der Waals surface area (Å²) in [6.07, 6.45) is 11.6. The number of benzene rings is 1. The summed E-state index contributed by atoms with van der Waals surface area (Å²) >= 11 is 6.20. The third kappa shape index (κ3) is 3.36. The molecule has 2 heterocycles. The van der Waals surface area contributed by atoms with Crippen LogP contribution in [-0.4, -0.2) is 41.3 Å². The number of rotatable bonds is 3. The number of carbonyl (C=O) groups excluding carboxylic acids is 1. The van der Waals surface area contributed by atoms with Gasteiger partial charge in [-0.25, -0.2) is 0 Å². The summed E-state index contributed by atoms with van der Waals surface area (Å²) in [7, 11) is 0. The second-order valence-electron chi connectivity index (χ2n) is 11.9. The molecular formula is C27H36ClN3O. The van der Waals surface area contributed by atoms with Gasteiger partial charge in [0, 0.05) is 5.02 Å². The molecule has 32 heavy (non-hydrogen) atoms. The number of hydrogen-bond acceptors (Lipinski definition) is 3. The van der Waals surface area contributed by atoms with Crippen molar-refractivity contribution in [2.45, 2.75) is 83.2 Å². The van der Waals surface area contributed by atoms with E-state index < -0.39 is 5.41 Å². The molecule has 1 aromatic rings. The molecule has 0 aromatic heterocycles. The van der Waals surface area contributed by atoms with Gasteiger partial charge in [0.25, 0.3) is 0 Å². The van der Waals surface area contributed by atoms with Gasteiger partial charge in [-0.3, -0.25) is 19.6 Å². The number of aliphatic imine (C=N–C) groups is 1. The van der Waals surface area contributed by atoms with Crippen molar-refractivity contribution in [1.82, 2.24) is 4.90 Å². The number of halogens is 1. The van der Waals surface area contributed by atoms with E-state index in [4.69, 9.17) is 16.6 Å². The van der Waals surface area contributed by atoms with Gasteiger partial charge < -0.3 is 0 Å². The highest BCUT2D eigenvalue weighted by Gasteiger charge is 2.57. The van der Waals surface area contributed by atoms with Crippen LogP contribution in [-0.2, 0) is 4.79 Å². The Labute approximate surface area is 197 Å². The summed E-state index contributed by atoms with van der Waals surface area (Å²) in [5.41, 5.74) is 0.470. The van der Waals surface area contributed by atoms with E-state index in [1.54, 1.807) is 0 Å². The lowest BCUT2D eigenvalue weighted by atomic mass is 9.53. The van der Waals surface area contributed by atoms with E-state index in [2.05, 4.69) is 18.7 Å². The minimum Gasteiger partial charge on any atom is -0.293 e. The van der Waals surface area contributed by atoms with Gasteiger partial charge in [0.1, 0.15) is 5.84 Å². The van der Waals surface area contributed by atoms with Gasteiger partial charge in [-0.15, -0.1) is 0 Å². The average Bonchev–Trinajstić information content (AvgIpc) is 2.93. The van der Waals surface area contributed by atoms with Gasteiger partial charge >= 0.3 is 0 Å². The SMILES string of the molecule is CC1(C)C(=O)N(c2ccc(Cl)cc2)C(=NC23CC4CC(CC(C4)C2)C3)C1N1CCCCC1. The molecule has 7 rings (SSSR count). The smallest absolute Gasteiger partial charge is 0.240 e. The van der Waals surface area contributed by atoms with Crippen molar-refractivity contribution in [3.63, 3.8) is 0 Å². The fraction of sp³-hybridized carbons (Fsp3) is 0.704. The van der Waals surface area contributed by atoms with Crippen molar-refractivity contribution in [3.8, 4) is 0 Å². The molecule has 4 aliphatic carbocycles. The molecule has 5 heteroatoms. The zero-order valence-electron chi connectivity index (χ0n) is 19.5. The fourth-order valence-electron chi connectivity index (χ4n) is 8.15. The Bertz CT molecular complexity index is 895. The Morgan fingerprint density at radius 1 is 0.906 bits per heavy atom. The van der Waals surface area contributed by atoms with Crippen molar-refractivity contribution in [1.29, 1.82) is 0 Å². The lowest BCUT2D eigenvalue weighted by molar-refractivity contribution is -0.125. The highest BCUT2D eigenvalue weighted by atomic mass is 35.5. The highest BCUT2D eigenvalue weighted by molar-refractivity contribution is 6.31. The average molecular weight is 454 g/mol. The maximum atomic E-state index is 13.9. The Hall–Kier alpha value is -1.39. The number of likely N-dealkylation sites (tertiary alicyclic amines) is 1. The number of nitrogens with zero attached hydrogens (tertiary/aromatic N) is 3. The van der Waals surface area contributed by atoms with Gasteiger partial charge in [0.2, 0.25) is 5.91 Å². The lowest BCUT2D eigenvalue weighted by Crippen LogP contribution is -2.53. The van der Waals surface area contributed by atoms with Crippen LogP contribution in [0.4, 0.5) is 5.69 Å². The molecule has 4 saturated carbocycles. The van der Waals surface area contributed by atoms with Crippen molar-refractivity contribution >= 4 is 29.0 Å². The second-order valence-corrected chi connectivity index (χ2v) is 12.4. The van der Waals surface area contributed by atoms with Crippen molar-refractivity contribution in [2.24, 2.45) is 28.2 Å². The summed E-state index contributed by atoms with van der Waals surface area (Å²) < 4.78 is 0. The summed E-state index contributed by atoms with van der Waals surface area (Å²) in [6.45, 7) is 6.41. The molecule has 2 aliphatic heterocycles. The van der Waals surface area contributed by atoms with Crippen LogP contribution >= 0.6 is 11.6 Å². The number of hydrogen-bond donors (Lipinski definition) is 0. The van der Waals surface area contributed by atoms with Gasteiger partial charge in [0.15, 0.2) is 0 Å². The number of amides is 1. The van der Waals surface area contributed by atoms with Crippen molar-refractivity contribution < 1.29 is 4.79 Å². The van der Waals surface area contributed by atoms with E-state index in [-0.39, 0.29) is 17.5 Å². The topological polar surface area (TPSA) is 35.9 Å². The Morgan fingerprint density at radius 2 is 1.47 bits per heavy atom. The van der Waals surface area contributed by atoms with Crippen LogP contribution in [0.15, 0.2) is 29.3 Å². The predicted molar refractivity (Wildman–Crippen MR) is 130 cm³/mol. The normalized spacial score (nSPS) is 39.9. The monoisotopic (exact) mass is 453 g/mol. The molecule has 4 nitrogen and oxygen atoms in total. The zero-order valence-corrected chi connectivity index (χ0v) is 20.3. The molecule has 0 spiro atoms. The molecule has 4 bridgehead atoms. The van der Waals surface area contributed by atoms with Gasteiger partial charge in [-0.05, 0) is 120 Å². The third-order valence-electron chi connectivity index (χ3n) is 9.11. The van der Waals surface area contributed by atoms with Crippen molar-refractivity contribution in [3.05, 3.63) is 29.3 Å². The van der Waals surface area contributed by atoms with E-state index in [1.165, 1.54) is 57.8 Å². The van der Waals surface area contributed by atoms with E-state index in [1.807, 2.05) is 29.2 Å². The van der Waals surface area contributed by atoms with Crippen LogP contribution in [0.1, 0.15) is 71.6 Å². The van der Waals surface area contributed by atoms with Crippen molar-refractivity contribution in [2.75, 3.05) is 18.0 Å². The van der Waals surface area contributed by atoms with Crippen LogP contribution in [0, 0.1) is 23.2 Å². The molecule has 2 saturated heterocycles. The molecule has 1 amide bonds. The minimum atomic E-state index is -0.488. The standard InChI is InChI=1S/C27H36ClN3O/c1-26(2)23(30-10-4-3-5-11-30)24(31(25(26)32)22-8-6-21(28)7-9-22)29-27-15-18-12-19(16-27)14-20(13-18)17-27/h6-9,18-20,23H,3-5,10-17H2,1-2H3. The Kier molecular flexibility index (Phi) is 5.00. The molecule has 1 atom stereocenters. The minimum absolute atomic E-state index is 0.0451. The molecule has 6 fully saturated rings. The Morgan fingerprint density at radius 3 is 2.03 bits per heavy atom. The quantitative estimate of drug-likeness (QED) is 0.568. The van der Waals surface area contributed by atoms with Crippen LogP contribution in [0.2, 0.25) is 5.02 Å². The summed E-state index contributed by atoms with van der Waals surface area (Å²) in [5.74, 6) is 3.72. The van der Waals surface area contributed by atoms with E-state index >= 15 is 0 Å². The van der Waals surface area contributed by atoms with E-state index in [0.717, 1.165) is 42.4 Å². The third-order valence-corrected chi connectivity index (χ3v) is 9.36. The molecule has 1 unspecified atom stereocenters. The maximum Gasteiger partial charge on any atom is 0.240 e. The zero-order chi connectivity index (χ0) is 22.1.